The third kappa shape index (κ3) is 3.82. The van der Waals surface area contributed by atoms with E-state index in [2.05, 4.69) is 5.32 Å². The number of nitrogens with zero attached hydrogens (tertiary/aromatic N) is 1. The Hall–Kier alpha value is -1.96. The number of carbonyl (C=O) groups is 3. The molecule has 2 amide bonds. The number of nitrogens with one attached hydrogen (secondary N) is 1. The van der Waals surface area contributed by atoms with E-state index >= 15 is 0 Å². The van der Waals surface area contributed by atoms with Crippen molar-refractivity contribution in [3.8, 4) is 0 Å². The normalized spacial score (nSPS) is 20.9. The van der Waals surface area contributed by atoms with Gasteiger partial charge in [-0.2, -0.15) is 11.3 Å². The monoisotopic (exact) mass is 328 g/mol. The summed E-state index contributed by atoms with van der Waals surface area (Å²) in [4.78, 5) is 35.5. The zero-order valence-corrected chi connectivity index (χ0v) is 12.7. The summed E-state index contributed by atoms with van der Waals surface area (Å²) in [7, 11) is 0. The Labute approximate surface area is 130 Å². The third-order valence-corrected chi connectivity index (χ3v) is 4.28. The number of carboxylic acids is 1. The van der Waals surface area contributed by atoms with Crippen LogP contribution < -0.4 is 5.32 Å². The zero-order chi connectivity index (χ0) is 16.2. The predicted molar refractivity (Wildman–Crippen MR) is 78.6 cm³/mol. The lowest BCUT2D eigenvalue weighted by molar-refractivity contribution is -0.150. The Bertz CT molecular complexity index is 563. The van der Waals surface area contributed by atoms with Gasteiger partial charge in [0.25, 0.3) is 5.91 Å². The highest BCUT2D eigenvalue weighted by Crippen LogP contribution is 2.26. The molecule has 2 heterocycles. The van der Waals surface area contributed by atoms with E-state index in [0.717, 1.165) is 0 Å². The van der Waals surface area contributed by atoms with Crippen molar-refractivity contribution < 1.29 is 23.9 Å². The molecule has 1 atom stereocenters. The van der Waals surface area contributed by atoms with Crippen molar-refractivity contribution in [2.75, 3.05) is 19.6 Å². The highest BCUT2D eigenvalue weighted by molar-refractivity contribution is 7.08. The van der Waals surface area contributed by atoms with Crippen molar-refractivity contribution in [1.29, 1.82) is 0 Å². The summed E-state index contributed by atoms with van der Waals surface area (Å²) in [5.41, 5.74) is -1.75. The minimum absolute atomic E-state index is 0.114. The lowest BCUT2D eigenvalue weighted by Crippen LogP contribution is -2.39. The molecule has 0 saturated carbocycles. The molecule has 1 unspecified atom stereocenters. The van der Waals surface area contributed by atoms with Crippen LogP contribution in [0.5, 0.6) is 0 Å². The molecule has 0 spiro atoms. The van der Waals surface area contributed by atoms with Crippen LogP contribution >= 0.6 is 11.3 Å². The first-order chi connectivity index (χ1) is 10.4. The lowest BCUT2D eigenvalue weighted by atomic mass is 10.1. The summed E-state index contributed by atoms with van der Waals surface area (Å²) in [6.07, 6.45) is 0.403. The molecule has 1 aromatic rings. The largest absolute Gasteiger partial charge is 0.479 e. The van der Waals surface area contributed by atoms with Crippen molar-refractivity contribution in [2.24, 2.45) is 0 Å². The molecule has 1 aliphatic rings. The van der Waals surface area contributed by atoms with Crippen LogP contribution in [0.3, 0.4) is 0 Å². The van der Waals surface area contributed by atoms with Crippen LogP contribution in [0.15, 0.2) is 16.8 Å². The number of carboxylic acid groups (broad SMARTS) is 1. The number of alkyl halides is 1. The van der Waals surface area contributed by atoms with Crippen LogP contribution in [0, 0.1) is 0 Å². The molecule has 2 N–H and O–H groups in total. The van der Waals surface area contributed by atoms with E-state index in [4.69, 9.17) is 5.11 Å². The molecule has 8 heteroatoms. The molecular formula is C14H17FN2O4S. The molecule has 0 bridgehead atoms. The summed E-state index contributed by atoms with van der Waals surface area (Å²) in [5.74, 6) is -2.00. The lowest BCUT2D eigenvalue weighted by Gasteiger charge is -2.17. The van der Waals surface area contributed by atoms with Crippen LogP contribution in [0.1, 0.15) is 29.6 Å². The molecule has 22 heavy (non-hydrogen) atoms. The molecule has 120 valence electrons. The number of aliphatic carboxylic acids is 1. The zero-order valence-electron chi connectivity index (χ0n) is 11.9. The quantitative estimate of drug-likeness (QED) is 0.770. The smallest absolute Gasteiger partial charge is 0.343 e. The fourth-order valence-electron chi connectivity index (χ4n) is 2.26. The summed E-state index contributed by atoms with van der Waals surface area (Å²) in [6, 6.07) is 1.71. The summed E-state index contributed by atoms with van der Waals surface area (Å²) in [5, 5.41) is 15.0. The van der Waals surface area contributed by atoms with Gasteiger partial charge in [-0.25, -0.2) is 9.18 Å². The minimum atomic E-state index is -2.33. The van der Waals surface area contributed by atoms with Gasteiger partial charge >= 0.3 is 5.97 Å². The first kappa shape index (κ1) is 16.4. The topological polar surface area (TPSA) is 86.7 Å². The third-order valence-electron chi connectivity index (χ3n) is 3.59. The number of likely N-dealkylation sites (tertiary alicyclic amines) is 1. The number of amides is 2. The first-order valence-electron chi connectivity index (χ1n) is 6.93. The molecular weight excluding hydrogens is 311 g/mol. The Kier molecular flexibility index (Phi) is 5.12. The van der Waals surface area contributed by atoms with E-state index < -0.39 is 18.2 Å². The van der Waals surface area contributed by atoms with Gasteiger partial charge in [0.05, 0.1) is 6.54 Å². The number of thiophene rings is 1. The summed E-state index contributed by atoms with van der Waals surface area (Å²) < 4.78 is 13.8. The second-order valence-electron chi connectivity index (χ2n) is 5.21. The second-order valence-corrected chi connectivity index (χ2v) is 5.99. The fourth-order valence-corrected chi connectivity index (χ4v) is 2.89. The van der Waals surface area contributed by atoms with E-state index in [1.54, 1.807) is 16.8 Å². The van der Waals surface area contributed by atoms with Crippen molar-refractivity contribution in [2.45, 2.75) is 24.9 Å². The summed E-state index contributed by atoms with van der Waals surface area (Å²) >= 11 is 1.43. The van der Waals surface area contributed by atoms with Gasteiger partial charge in [0.1, 0.15) is 0 Å². The van der Waals surface area contributed by atoms with Crippen molar-refractivity contribution >= 4 is 29.1 Å². The van der Waals surface area contributed by atoms with Gasteiger partial charge in [0.15, 0.2) is 0 Å². The number of rotatable bonds is 6. The number of hydrogen-bond acceptors (Lipinski definition) is 4. The van der Waals surface area contributed by atoms with Gasteiger partial charge in [-0.1, -0.05) is 0 Å². The van der Waals surface area contributed by atoms with E-state index in [-0.39, 0.29) is 31.2 Å². The SMILES string of the molecule is O=C(NCCCC(=O)N1CCC(F)(C(=O)O)C1)c1ccsc1. The molecule has 1 aromatic heterocycles. The van der Waals surface area contributed by atoms with Crippen LogP contribution in [-0.4, -0.2) is 53.1 Å². The van der Waals surface area contributed by atoms with Crippen LogP contribution in [0.2, 0.25) is 0 Å². The minimum Gasteiger partial charge on any atom is -0.479 e. The molecule has 1 aliphatic heterocycles. The van der Waals surface area contributed by atoms with E-state index in [1.165, 1.54) is 16.2 Å². The van der Waals surface area contributed by atoms with E-state index in [9.17, 15) is 18.8 Å². The molecule has 6 nitrogen and oxygen atoms in total. The molecule has 0 aliphatic carbocycles. The van der Waals surface area contributed by atoms with Crippen molar-refractivity contribution in [3.05, 3.63) is 22.4 Å². The van der Waals surface area contributed by atoms with Crippen LogP contribution in [0.4, 0.5) is 4.39 Å². The maximum atomic E-state index is 13.8. The average molecular weight is 328 g/mol. The second kappa shape index (κ2) is 6.87. The predicted octanol–water partition coefficient (Wildman–Crippen LogP) is 1.28. The molecule has 0 aromatic carbocycles. The Morgan fingerprint density at radius 2 is 2.23 bits per heavy atom. The standard InChI is InChI=1S/C14H17FN2O4S/c15-14(13(20)21)4-6-17(9-14)11(18)2-1-5-16-12(19)10-3-7-22-8-10/h3,7-8H,1-2,4-6,9H2,(H,16,19)(H,20,21). The Balaban J connectivity index is 1.68. The van der Waals surface area contributed by atoms with Gasteiger partial charge < -0.3 is 15.3 Å². The van der Waals surface area contributed by atoms with Gasteiger partial charge in [-0.3, -0.25) is 9.59 Å². The first-order valence-corrected chi connectivity index (χ1v) is 7.87. The number of carbonyl (C=O) groups excluding carboxylic acids is 2. The van der Waals surface area contributed by atoms with Crippen LogP contribution in [0.25, 0.3) is 0 Å². The van der Waals surface area contributed by atoms with Crippen molar-refractivity contribution in [3.63, 3.8) is 0 Å². The van der Waals surface area contributed by atoms with Gasteiger partial charge in [-0.15, -0.1) is 0 Å². The van der Waals surface area contributed by atoms with Gasteiger partial charge in [0.2, 0.25) is 11.6 Å². The highest BCUT2D eigenvalue weighted by atomic mass is 32.1. The Morgan fingerprint density at radius 3 is 2.82 bits per heavy atom. The molecule has 2 rings (SSSR count). The Morgan fingerprint density at radius 1 is 1.45 bits per heavy atom. The fraction of sp³-hybridized carbons (Fsp3) is 0.500. The number of hydrogen-bond donors (Lipinski definition) is 2. The van der Waals surface area contributed by atoms with E-state index in [0.29, 0.717) is 18.5 Å². The highest BCUT2D eigenvalue weighted by Gasteiger charge is 2.46. The molecule has 1 fully saturated rings. The molecule has 0 radical (unpaired) electrons. The van der Waals surface area contributed by atoms with Gasteiger partial charge in [-0.05, 0) is 17.9 Å². The summed E-state index contributed by atoms with van der Waals surface area (Å²) in [6.45, 7) is 0.0548. The van der Waals surface area contributed by atoms with E-state index in [1.807, 2.05) is 0 Å². The maximum absolute atomic E-state index is 13.8. The van der Waals surface area contributed by atoms with Gasteiger partial charge in [0, 0.05) is 36.9 Å². The van der Waals surface area contributed by atoms with Crippen LogP contribution in [-0.2, 0) is 9.59 Å². The number of halogens is 1. The molecule has 1 saturated heterocycles. The maximum Gasteiger partial charge on any atom is 0.343 e. The van der Waals surface area contributed by atoms with Crippen molar-refractivity contribution in [1.82, 2.24) is 10.2 Å². The average Bonchev–Trinajstić information content (AvgIpc) is 3.13.